The minimum Gasteiger partial charge on any atom is -0.368 e. The van der Waals surface area contributed by atoms with Gasteiger partial charge in [0.25, 0.3) is 5.69 Å². The Morgan fingerprint density at radius 2 is 2.19 bits per heavy atom. The fourth-order valence-corrected chi connectivity index (χ4v) is 3.81. The molecule has 1 aliphatic carbocycles. The molecular weight excluding hydrogens is 290 g/mol. The normalized spacial score (nSPS) is 17.2. The van der Waals surface area contributed by atoms with Gasteiger partial charge in [-0.2, -0.15) is 0 Å². The topological polar surface area (TPSA) is 98.3 Å². The van der Waals surface area contributed by atoms with Crippen molar-refractivity contribution >= 4 is 23.4 Å². The Labute approximate surface area is 127 Å². The molecule has 6 nitrogen and oxygen atoms in total. The molecule has 0 saturated heterocycles. The highest BCUT2D eigenvalue weighted by molar-refractivity contribution is 7.99. The molecule has 2 rings (SSSR count). The highest BCUT2D eigenvalue weighted by atomic mass is 32.2. The summed E-state index contributed by atoms with van der Waals surface area (Å²) in [7, 11) is 0. The van der Waals surface area contributed by atoms with E-state index in [0.717, 1.165) is 12.8 Å². The maximum absolute atomic E-state index is 11.9. The summed E-state index contributed by atoms with van der Waals surface area (Å²) < 4.78 is 0. The van der Waals surface area contributed by atoms with Gasteiger partial charge in [-0.1, -0.05) is 19.1 Å². The summed E-state index contributed by atoms with van der Waals surface area (Å²) in [6.07, 6.45) is 1.93. The first-order valence-electron chi connectivity index (χ1n) is 6.92. The van der Waals surface area contributed by atoms with Crippen molar-refractivity contribution in [1.82, 2.24) is 5.32 Å². The number of nitrogens with zero attached hydrogens (tertiary/aromatic N) is 1. The summed E-state index contributed by atoms with van der Waals surface area (Å²) in [4.78, 5) is 23.1. The third kappa shape index (κ3) is 3.36. The molecule has 0 aliphatic heterocycles. The average Bonchev–Trinajstić information content (AvgIpc) is 3.28. The lowest BCUT2D eigenvalue weighted by Gasteiger charge is -2.31. The Hall–Kier alpha value is -1.60. The molecule has 1 fully saturated rings. The van der Waals surface area contributed by atoms with Crippen LogP contribution < -0.4 is 11.1 Å². The van der Waals surface area contributed by atoms with Crippen molar-refractivity contribution in [2.75, 3.05) is 12.3 Å². The van der Waals surface area contributed by atoms with Crippen LogP contribution in [0.3, 0.4) is 0 Å². The van der Waals surface area contributed by atoms with Gasteiger partial charge in [0.05, 0.1) is 9.82 Å². The van der Waals surface area contributed by atoms with Gasteiger partial charge in [-0.15, -0.1) is 11.8 Å². The molecule has 1 amide bonds. The number of hydrogen-bond donors (Lipinski definition) is 2. The van der Waals surface area contributed by atoms with Crippen LogP contribution in [-0.2, 0) is 4.79 Å². The Morgan fingerprint density at radius 1 is 1.52 bits per heavy atom. The first-order valence-corrected chi connectivity index (χ1v) is 7.91. The first-order chi connectivity index (χ1) is 10.0. The zero-order valence-electron chi connectivity index (χ0n) is 11.9. The zero-order chi connectivity index (χ0) is 15.5. The van der Waals surface area contributed by atoms with Crippen LogP contribution in [0.4, 0.5) is 5.69 Å². The van der Waals surface area contributed by atoms with Gasteiger partial charge < -0.3 is 11.1 Å². The molecular formula is C14H19N3O3S. The number of nitro groups is 1. The molecule has 1 saturated carbocycles. The van der Waals surface area contributed by atoms with Gasteiger partial charge in [-0.25, -0.2) is 0 Å². The number of benzene rings is 1. The first kappa shape index (κ1) is 15.8. The van der Waals surface area contributed by atoms with E-state index >= 15 is 0 Å². The van der Waals surface area contributed by atoms with Crippen molar-refractivity contribution in [3.8, 4) is 0 Å². The SMILES string of the molecule is CCNC(CSc1ccccc1[N+](=O)[O-])(C(N)=O)C1CC1. The van der Waals surface area contributed by atoms with Crippen LogP contribution in [-0.4, -0.2) is 28.7 Å². The van der Waals surface area contributed by atoms with E-state index in [2.05, 4.69) is 5.32 Å². The molecule has 0 radical (unpaired) electrons. The average molecular weight is 309 g/mol. The van der Waals surface area contributed by atoms with Gasteiger partial charge in [0.2, 0.25) is 5.91 Å². The van der Waals surface area contributed by atoms with E-state index in [-0.39, 0.29) is 17.5 Å². The highest BCUT2D eigenvalue weighted by Gasteiger charge is 2.49. The number of primary amides is 1. The molecule has 1 aromatic carbocycles. The lowest BCUT2D eigenvalue weighted by atomic mass is 9.94. The molecule has 0 heterocycles. The number of hydrogen-bond acceptors (Lipinski definition) is 5. The largest absolute Gasteiger partial charge is 0.368 e. The molecule has 1 atom stereocenters. The molecule has 114 valence electrons. The number of nitro benzene ring substituents is 1. The lowest BCUT2D eigenvalue weighted by Crippen LogP contribution is -2.59. The third-order valence-corrected chi connectivity index (χ3v) is 4.98. The molecule has 0 bridgehead atoms. The second-order valence-corrected chi connectivity index (χ2v) is 6.17. The minimum absolute atomic E-state index is 0.0631. The second-order valence-electron chi connectivity index (χ2n) is 5.15. The Morgan fingerprint density at radius 3 is 2.71 bits per heavy atom. The summed E-state index contributed by atoms with van der Waals surface area (Å²) >= 11 is 1.31. The van der Waals surface area contributed by atoms with E-state index in [9.17, 15) is 14.9 Å². The monoisotopic (exact) mass is 309 g/mol. The molecule has 0 spiro atoms. The van der Waals surface area contributed by atoms with Gasteiger partial charge in [0.1, 0.15) is 5.54 Å². The number of likely N-dealkylation sites (N-methyl/N-ethyl adjacent to an activating group) is 1. The summed E-state index contributed by atoms with van der Waals surface area (Å²) in [5, 5.41) is 14.2. The highest BCUT2D eigenvalue weighted by Crippen LogP contribution is 2.43. The summed E-state index contributed by atoms with van der Waals surface area (Å²) in [5.41, 5.74) is 4.90. The van der Waals surface area contributed by atoms with E-state index in [0.29, 0.717) is 17.2 Å². The number of amides is 1. The maximum Gasteiger partial charge on any atom is 0.282 e. The quantitative estimate of drug-likeness (QED) is 0.434. The van der Waals surface area contributed by atoms with E-state index in [1.54, 1.807) is 18.2 Å². The van der Waals surface area contributed by atoms with Gasteiger partial charge in [-0.3, -0.25) is 14.9 Å². The van der Waals surface area contributed by atoms with Crippen LogP contribution >= 0.6 is 11.8 Å². The fourth-order valence-electron chi connectivity index (χ4n) is 2.49. The van der Waals surface area contributed by atoms with Crippen molar-refractivity contribution < 1.29 is 9.72 Å². The van der Waals surface area contributed by atoms with Crippen molar-refractivity contribution in [2.45, 2.75) is 30.2 Å². The van der Waals surface area contributed by atoms with Crippen LogP contribution in [0.2, 0.25) is 0 Å². The maximum atomic E-state index is 11.9. The van der Waals surface area contributed by atoms with Crippen molar-refractivity contribution in [3.63, 3.8) is 0 Å². The molecule has 7 heteroatoms. The Bertz CT molecular complexity index is 548. The molecule has 1 unspecified atom stereocenters. The second kappa shape index (κ2) is 6.44. The number of para-hydroxylation sites is 1. The van der Waals surface area contributed by atoms with Crippen LogP contribution in [0, 0.1) is 16.0 Å². The van der Waals surface area contributed by atoms with Crippen LogP contribution in [0.25, 0.3) is 0 Å². The van der Waals surface area contributed by atoms with Crippen LogP contribution in [0.5, 0.6) is 0 Å². The van der Waals surface area contributed by atoms with E-state index < -0.39 is 10.5 Å². The Balaban J connectivity index is 2.19. The minimum atomic E-state index is -0.775. The number of carbonyl (C=O) groups is 1. The van der Waals surface area contributed by atoms with Gasteiger partial charge >= 0.3 is 0 Å². The summed E-state index contributed by atoms with van der Waals surface area (Å²) in [5.74, 6) is 0.259. The number of carbonyl (C=O) groups excluding carboxylic acids is 1. The zero-order valence-corrected chi connectivity index (χ0v) is 12.7. The van der Waals surface area contributed by atoms with E-state index in [1.165, 1.54) is 17.8 Å². The van der Waals surface area contributed by atoms with Gasteiger partial charge in [0, 0.05) is 11.8 Å². The van der Waals surface area contributed by atoms with Crippen molar-refractivity contribution in [3.05, 3.63) is 34.4 Å². The van der Waals surface area contributed by atoms with Crippen LogP contribution in [0.1, 0.15) is 19.8 Å². The van der Waals surface area contributed by atoms with E-state index in [1.807, 2.05) is 6.92 Å². The molecule has 3 N–H and O–H groups in total. The predicted molar refractivity (Wildman–Crippen MR) is 82.1 cm³/mol. The summed E-state index contributed by atoms with van der Waals surface area (Å²) in [6, 6.07) is 6.56. The number of thioether (sulfide) groups is 1. The van der Waals surface area contributed by atoms with Gasteiger partial charge in [-0.05, 0) is 31.4 Å². The van der Waals surface area contributed by atoms with E-state index in [4.69, 9.17) is 5.73 Å². The molecule has 1 aromatic rings. The summed E-state index contributed by atoms with van der Waals surface area (Å²) in [6.45, 7) is 2.56. The number of nitrogens with two attached hydrogens (primary N) is 1. The molecule has 0 aromatic heterocycles. The number of rotatable bonds is 8. The molecule has 1 aliphatic rings. The Kier molecular flexibility index (Phi) is 4.84. The predicted octanol–water partition coefficient (Wildman–Crippen LogP) is 1.93. The standard InChI is InChI=1S/C14H19N3O3S/c1-2-16-14(13(15)18,10-7-8-10)9-21-12-6-4-3-5-11(12)17(19)20/h3-6,10,16H,2,7-9H2,1H3,(H2,15,18). The van der Waals surface area contributed by atoms with Crippen molar-refractivity contribution in [2.24, 2.45) is 11.7 Å². The third-order valence-electron chi connectivity index (χ3n) is 3.72. The smallest absolute Gasteiger partial charge is 0.282 e. The lowest BCUT2D eigenvalue weighted by molar-refractivity contribution is -0.387. The van der Waals surface area contributed by atoms with Crippen LogP contribution in [0.15, 0.2) is 29.2 Å². The van der Waals surface area contributed by atoms with Crippen molar-refractivity contribution in [1.29, 1.82) is 0 Å². The molecule has 21 heavy (non-hydrogen) atoms. The number of nitrogens with one attached hydrogen (secondary N) is 1. The fraction of sp³-hybridized carbons (Fsp3) is 0.500. The van der Waals surface area contributed by atoms with Gasteiger partial charge in [0.15, 0.2) is 0 Å².